The van der Waals surface area contributed by atoms with Crippen LogP contribution >= 0.6 is 0 Å². The van der Waals surface area contributed by atoms with Crippen LogP contribution in [0.4, 0.5) is 0 Å². The van der Waals surface area contributed by atoms with Gasteiger partial charge in [-0.05, 0) is 56.6 Å². The minimum absolute atomic E-state index is 0.00118. The summed E-state index contributed by atoms with van der Waals surface area (Å²) in [5.74, 6) is -0.185. The van der Waals surface area contributed by atoms with Crippen LogP contribution in [-0.2, 0) is 25.7 Å². The molecule has 0 radical (unpaired) electrons. The van der Waals surface area contributed by atoms with Crippen LogP contribution in [0, 0.1) is 0 Å². The molecule has 0 N–H and O–H groups in total. The second-order valence-electron chi connectivity index (χ2n) is 6.76. The lowest BCUT2D eigenvalue weighted by molar-refractivity contribution is -0.145. The van der Waals surface area contributed by atoms with E-state index in [1.807, 2.05) is 12.1 Å². The van der Waals surface area contributed by atoms with Crippen LogP contribution in [0.25, 0.3) is 0 Å². The van der Waals surface area contributed by atoms with Crippen molar-refractivity contribution in [2.24, 2.45) is 0 Å². The van der Waals surface area contributed by atoms with Crippen LogP contribution in [0.15, 0.2) is 48.6 Å². The van der Waals surface area contributed by atoms with Crippen LogP contribution in [0.5, 0.6) is 0 Å². The predicted molar refractivity (Wildman–Crippen MR) is 97.0 cm³/mol. The number of benzene rings is 1. The van der Waals surface area contributed by atoms with E-state index in [0.29, 0.717) is 17.1 Å². The Kier molecular flexibility index (Phi) is 6.57. The molecule has 1 aromatic carbocycles. The minimum Gasteiger partial charge on any atom is -0.459 e. The van der Waals surface area contributed by atoms with Crippen molar-refractivity contribution in [3.63, 3.8) is 0 Å². The van der Waals surface area contributed by atoms with E-state index < -0.39 is 0 Å². The van der Waals surface area contributed by atoms with Gasteiger partial charge in [0.15, 0.2) is 0 Å². The quantitative estimate of drug-likeness (QED) is 0.566. The van der Waals surface area contributed by atoms with Crippen molar-refractivity contribution in [3.05, 3.63) is 59.7 Å². The Bertz CT molecular complexity index is 649. The molecule has 4 nitrogen and oxygen atoms in total. The third-order valence-electron chi connectivity index (χ3n) is 4.47. The lowest BCUT2D eigenvalue weighted by Crippen LogP contribution is -2.24. The Morgan fingerprint density at radius 1 is 0.960 bits per heavy atom. The van der Waals surface area contributed by atoms with Crippen molar-refractivity contribution in [3.8, 4) is 0 Å². The number of carbonyl (C=O) groups is 2. The minimum atomic E-state index is -0.369. The van der Waals surface area contributed by atoms with Crippen molar-refractivity contribution in [2.45, 2.75) is 58.2 Å². The molecule has 2 rings (SSSR count). The predicted octanol–water partition coefficient (Wildman–Crippen LogP) is 4.45. The molecule has 1 aliphatic rings. The number of esters is 2. The molecule has 0 spiro atoms. The molecule has 1 fully saturated rings. The molecule has 0 unspecified atom stereocenters. The Balaban J connectivity index is 1.83. The van der Waals surface area contributed by atoms with Crippen LogP contribution < -0.4 is 0 Å². The highest BCUT2D eigenvalue weighted by atomic mass is 16.5. The van der Waals surface area contributed by atoms with Crippen LogP contribution in [-0.4, -0.2) is 18.0 Å². The maximum Gasteiger partial charge on any atom is 0.333 e. The van der Waals surface area contributed by atoms with E-state index >= 15 is 0 Å². The SMILES string of the molecule is C=C(C)C(=O)OCc1ccc(C2CCC(OC(=O)C(=C)C)CC2)cc1. The topological polar surface area (TPSA) is 52.6 Å². The number of carbonyl (C=O) groups excluding carboxylic acids is 2. The summed E-state index contributed by atoms with van der Waals surface area (Å²) >= 11 is 0. The van der Waals surface area contributed by atoms with Crippen molar-refractivity contribution >= 4 is 11.9 Å². The molecule has 4 heteroatoms. The molecule has 134 valence electrons. The van der Waals surface area contributed by atoms with Crippen LogP contribution in [0.2, 0.25) is 0 Å². The second kappa shape index (κ2) is 8.65. The fourth-order valence-electron chi connectivity index (χ4n) is 2.92. The van der Waals surface area contributed by atoms with E-state index in [4.69, 9.17) is 9.47 Å². The number of hydrogen-bond acceptors (Lipinski definition) is 4. The number of hydrogen-bond donors (Lipinski definition) is 0. The molecule has 1 aromatic rings. The smallest absolute Gasteiger partial charge is 0.333 e. The maximum absolute atomic E-state index is 11.6. The first kappa shape index (κ1) is 19.0. The highest BCUT2D eigenvalue weighted by Gasteiger charge is 2.25. The van der Waals surface area contributed by atoms with E-state index in [9.17, 15) is 9.59 Å². The van der Waals surface area contributed by atoms with Crippen LogP contribution in [0.1, 0.15) is 56.6 Å². The third-order valence-corrected chi connectivity index (χ3v) is 4.47. The monoisotopic (exact) mass is 342 g/mol. The molecule has 1 saturated carbocycles. The average Bonchev–Trinajstić information content (AvgIpc) is 2.60. The van der Waals surface area contributed by atoms with E-state index in [1.165, 1.54) is 5.56 Å². The normalized spacial score (nSPS) is 19.8. The number of rotatable bonds is 6. The van der Waals surface area contributed by atoms with E-state index in [1.54, 1.807) is 13.8 Å². The van der Waals surface area contributed by atoms with Gasteiger partial charge in [-0.15, -0.1) is 0 Å². The van der Waals surface area contributed by atoms with E-state index in [-0.39, 0.29) is 24.6 Å². The lowest BCUT2D eigenvalue weighted by atomic mass is 9.82. The van der Waals surface area contributed by atoms with Gasteiger partial charge in [0.2, 0.25) is 0 Å². The highest BCUT2D eigenvalue weighted by molar-refractivity contribution is 5.87. The van der Waals surface area contributed by atoms with Crippen molar-refractivity contribution in [1.29, 1.82) is 0 Å². The summed E-state index contributed by atoms with van der Waals surface area (Å²) in [5.41, 5.74) is 3.09. The highest BCUT2D eigenvalue weighted by Crippen LogP contribution is 2.34. The molecule has 0 atom stereocenters. The summed E-state index contributed by atoms with van der Waals surface area (Å²) in [6.07, 6.45) is 3.75. The van der Waals surface area contributed by atoms with E-state index in [2.05, 4.69) is 25.3 Å². The van der Waals surface area contributed by atoms with Crippen molar-refractivity contribution in [1.82, 2.24) is 0 Å². The molecule has 0 aliphatic heterocycles. The van der Waals surface area contributed by atoms with Gasteiger partial charge in [0.1, 0.15) is 12.7 Å². The van der Waals surface area contributed by atoms with Crippen LogP contribution in [0.3, 0.4) is 0 Å². The summed E-state index contributed by atoms with van der Waals surface area (Å²) in [6.45, 7) is 10.7. The third kappa shape index (κ3) is 5.59. The van der Waals surface area contributed by atoms with Crippen molar-refractivity contribution < 1.29 is 19.1 Å². The number of ether oxygens (including phenoxy) is 2. The molecule has 0 bridgehead atoms. The Morgan fingerprint density at radius 3 is 2.04 bits per heavy atom. The molecule has 0 saturated heterocycles. The van der Waals surface area contributed by atoms with Gasteiger partial charge < -0.3 is 9.47 Å². The zero-order valence-electron chi connectivity index (χ0n) is 15.0. The Labute approximate surface area is 149 Å². The lowest BCUT2D eigenvalue weighted by Gasteiger charge is -2.28. The first-order valence-electron chi connectivity index (χ1n) is 8.64. The molecular formula is C21H26O4. The molecule has 1 aliphatic carbocycles. The standard InChI is InChI=1S/C21H26O4/c1-14(2)20(22)24-13-16-5-7-17(8-6-16)18-9-11-19(12-10-18)25-21(23)15(3)4/h5-8,18-19H,1,3,9-13H2,2,4H3. The van der Waals surface area contributed by atoms with Crippen molar-refractivity contribution in [2.75, 3.05) is 0 Å². The van der Waals surface area contributed by atoms with E-state index in [0.717, 1.165) is 31.2 Å². The summed E-state index contributed by atoms with van der Waals surface area (Å²) in [5, 5.41) is 0. The fourth-order valence-corrected chi connectivity index (χ4v) is 2.92. The Hall–Kier alpha value is -2.36. The second-order valence-corrected chi connectivity index (χ2v) is 6.76. The first-order chi connectivity index (χ1) is 11.9. The van der Waals surface area contributed by atoms with Gasteiger partial charge in [-0.25, -0.2) is 9.59 Å². The molecular weight excluding hydrogens is 316 g/mol. The summed E-state index contributed by atoms with van der Waals surface area (Å²) in [7, 11) is 0. The maximum atomic E-state index is 11.6. The van der Waals surface area contributed by atoms with Gasteiger partial charge in [-0.1, -0.05) is 37.4 Å². The molecule has 25 heavy (non-hydrogen) atoms. The van der Waals surface area contributed by atoms with Gasteiger partial charge in [-0.3, -0.25) is 0 Å². The fraction of sp³-hybridized carbons (Fsp3) is 0.429. The zero-order valence-corrected chi connectivity index (χ0v) is 15.0. The van der Waals surface area contributed by atoms with Gasteiger partial charge in [0, 0.05) is 11.1 Å². The van der Waals surface area contributed by atoms with Gasteiger partial charge in [0.05, 0.1) is 0 Å². The molecule has 0 amide bonds. The van der Waals surface area contributed by atoms with Gasteiger partial charge in [0.25, 0.3) is 0 Å². The largest absolute Gasteiger partial charge is 0.459 e. The zero-order chi connectivity index (χ0) is 18.4. The summed E-state index contributed by atoms with van der Waals surface area (Å²) < 4.78 is 10.6. The Morgan fingerprint density at radius 2 is 1.52 bits per heavy atom. The average molecular weight is 342 g/mol. The summed E-state index contributed by atoms with van der Waals surface area (Å²) in [4.78, 5) is 23.0. The first-order valence-corrected chi connectivity index (χ1v) is 8.64. The summed E-state index contributed by atoms with van der Waals surface area (Å²) in [6, 6.07) is 8.17. The van der Waals surface area contributed by atoms with Gasteiger partial charge in [-0.2, -0.15) is 0 Å². The van der Waals surface area contributed by atoms with Gasteiger partial charge >= 0.3 is 11.9 Å². The molecule has 0 aromatic heterocycles. The molecule has 0 heterocycles.